The van der Waals surface area contributed by atoms with Gasteiger partial charge in [-0.1, -0.05) is 18.6 Å². The maximum Gasteiger partial charge on any atom is 0.325 e. The van der Waals surface area contributed by atoms with Crippen molar-refractivity contribution in [2.75, 3.05) is 19.8 Å². The third kappa shape index (κ3) is 4.85. The second-order valence-electron chi connectivity index (χ2n) is 13.4. The van der Waals surface area contributed by atoms with Crippen LogP contribution in [0.3, 0.4) is 0 Å². The van der Waals surface area contributed by atoms with Gasteiger partial charge in [0, 0.05) is 23.2 Å². The number of rotatable bonds is 10. The van der Waals surface area contributed by atoms with Gasteiger partial charge in [0.25, 0.3) is 5.09 Å². The van der Waals surface area contributed by atoms with Gasteiger partial charge in [-0.15, -0.1) is 10.1 Å². The Morgan fingerprint density at radius 3 is 2.66 bits per heavy atom. The van der Waals surface area contributed by atoms with Crippen LogP contribution in [0.15, 0.2) is 23.8 Å². The lowest BCUT2D eigenvalue weighted by Crippen LogP contribution is -2.70. The van der Waals surface area contributed by atoms with E-state index in [1.807, 2.05) is 6.92 Å². The van der Waals surface area contributed by atoms with Crippen LogP contribution in [0, 0.1) is 32.8 Å². The molecule has 242 valence electrons. The number of ether oxygens (including phenoxy) is 3. The second-order valence-corrected chi connectivity index (χ2v) is 13.4. The van der Waals surface area contributed by atoms with Gasteiger partial charge in [0.15, 0.2) is 29.4 Å². The van der Waals surface area contributed by atoms with Crippen molar-refractivity contribution < 1.29 is 52.8 Å². The molecule has 0 radical (unpaired) electrons. The van der Waals surface area contributed by atoms with Crippen molar-refractivity contribution in [2.45, 2.75) is 95.5 Å². The number of carbonyl (C=O) groups is 4. The van der Waals surface area contributed by atoms with E-state index in [9.17, 15) is 34.4 Å². The highest BCUT2D eigenvalue weighted by atomic mass is 19.1. The van der Waals surface area contributed by atoms with Gasteiger partial charge in [0.2, 0.25) is 11.7 Å². The summed E-state index contributed by atoms with van der Waals surface area (Å²) in [5.74, 6) is -4.52. The molecule has 1 saturated heterocycles. The van der Waals surface area contributed by atoms with Crippen LogP contribution in [0.1, 0.15) is 66.2 Å². The quantitative estimate of drug-likeness (QED) is 0.158. The number of ketones is 2. The topological polar surface area (TPSA) is 181 Å². The van der Waals surface area contributed by atoms with Gasteiger partial charge in [0.05, 0.1) is 18.8 Å². The lowest BCUT2D eigenvalue weighted by molar-refractivity contribution is -0.757. The van der Waals surface area contributed by atoms with E-state index in [2.05, 4.69) is 10.2 Å². The van der Waals surface area contributed by atoms with Gasteiger partial charge >= 0.3 is 5.97 Å². The molecule has 0 unspecified atom stereocenters. The largest absolute Gasteiger partial charge is 0.456 e. The summed E-state index contributed by atoms with van der Waals surface area (Å²) in [5, 5.41) is 23.2. The Balaban J connectivity index is 1.32. The number of aliphatic hydroxyl groups excluding tert-OH is 1. The molecule has 0 aromatic heterocycles. The minimum atomic E-state index is -2.10. The fourth-order valence-electron chi connectivity index (χ4n) is 8.74. The number of allylic oxidation sites excluding steroid dienone is 4. The zero-order chi connectivity index (χ0) is 32.3. The summed E-state index contributed by atoms with van der Waals surface area (Å²) >= 11 is 0. The number of Topliss-reactive ketones (excluding diaryl/α,β-unsaturated/α-hetero) is 1. The number of carbonyl (C=O) groups excluding carboxylic acids is 4. The molecule has 0 aromatic carbocycles. The van der Waals surface area contributed by atoms with E-state index < -0.39 is 87.8 Å². The first kappa shape index (κ1) is 32.2. The van der Waals surface area contributed by atoms with Crippen molar-refractivity contribution in [3.8, 4) is 0 Å². The maximum absolute atomic E-state index is 17.5. The summed E-state index contributed by atoms with van der Waals surface area (Å²) in [6.07, 6.45) is 3.03. The van der Waals surface area contributed by atoms with E-state index in [4.69, 9.17) is 14.2 Å². The Kier molecular flexibility index (Phi) is 8.03. The predicted molar refractivity (Wildman–Crippen MR) is 148 cm³/mol. The van der Waals surface area contributed by atoms with E-state index in [1.54, 1.807) is 26.8 Å². The molecule has 5 aliphatic rings. The van der Waals surface area contributed by atoms with Crippen molar-refractivity contribution >= 4 is 23.4 Å². The molecule has 8 atom stereocenters. The number of esters is 1. The lowest BCUT2D eigenvalue weighted by Gasteiger charge is -2.62. The van der Waals surface area contributed by atoms with Gasteiger partial charge in [0.1, 0.15) is 6.54 Å². The summed E-state index contributed by atoms with van der Waals surface area (Å²) < 4.78 is 35.4. The first-order valence-corrected chi connectivity index (χ1v) is 14.9. The van der Waals surface area contributed by atoms with Crippen LogP contribution in [0.2, 0.25) is 0 Å². The van der Waals surface area contributed by atoms with Crippen LogP contribution in [-0.2, 0) is 38.2 Å². The molecule has 4 aliphatic carbocycles. The SMILES string of the molecule is CC1(C)O[C@@H]2C[C@H]3[C@@H]4CCC5=CC(=O)C=C[C@]5(C)[C@@]4(F)[C@@H](O)C[C@]3(C)[C@@]2(C(=O)COC(=O)CNC(=O)CCCO[N+](=O)[O-])O1. The molecule has 14 heteroatoms. The third-order valence-electron chi connectivity index (χ3n) is 10.6. The van der Waals surface area contributed by atoms with Crippen LogP contribution in [0.5, 0.6) is 0 Å². The van der Waals surface area contributed by atoms with E-state index >= 15 is 4.39 Å². The Labute approximate surface area is 253 Å². The van der Waals surface area contributed by atoms with Gasteiger partial charge in [-0.3, -0.25) is 19.2 Å². The van der Waals surface area contributed by atoms with Crippen molar-refractivity contribution in [1.29, 1.82) is 0 Å². The molecule has 13 nitrogen and oxygen atoms in total. The highest BCUT2D eigenvalue weighted by molar-refractivity contribution is 6.01. The van der Waals surface area contributed by atoms with Gasteiger partial charge in [-0.2, -0.15) is 0 Å². The molecule has 4 fully saturated rings. The fraction of sp³-hybridized carbons (Fsp3) is 0.733. The number of fused-ring (bicyclic) bond motifs is 7. The molecule has 1 aliphatic heterocycles. The molecule has 0 spiro atoms. The zero-order valence-electron chi connectivity index (χ0n) is 25.3. The molecule has 0 bridgehead atoms. The molecule has 5 rings (SSSR count). The standard InChI is InChI=1S/C30H39FN2O11/c1-26(2)43-23-13-20-19-8-7-17-12-18(34)9-10-27(17,3)29(19,31)21(35)14-28(20,4)30(23,44-26)22(36)16-41-25(38)15-32-24(37)6-5-11-42-33(39)40/h9-10,12,19-21,23,35H,5-8,11,13-16H2,1-4H3,(H,32,37)/t19-,20-,21-,23+,27-,28-,29-,30-/m0/s1. The number of amides is 1. The number of hydrogen-bond acceptors (Lipinski definition) is 11. The molecule has 1 amide bonds. The second kappa shape index (κ2) is 11.0. The third-order valence-corrected chi connectivity index (χ3v) is 10.6. The maximum atomic E-state index is 17.5. The van der Waals surface area contributed by atoms with Crippen molar-refractivity contribution in [2.24, 2.45) is 22.7 Å². The van der Waals surface area contributed by atoms with E-state index in [0.29, 0.717) is 18.4 Å². The van der Waals surface area contributed by atoms with Crippen LogP contribution in [-0.4, -0.2) is 82.7 Å². The smallest absolute Gasteiger partial charge is 0.325 e. The first-order chi connectivity index (χ1) is 20.5. The summed E-state index contributed by atoms with van der Waals surface area (Å²) in [7, 11) is 0. The number of alkyl halides is 1. The normalized spacial score (nSPS) is 39.7. The Bertz CT molecular complexity index is 1330. The molecular formula is C30H39FN2O11. The number of hydrogen-bond donors (Lipinski definition) is 2. The average molecular weight is 623 g/mol. The number of halogens is 1. The molecular weight excluding hydrogens is 583 g/mol. The summed E-state index contributed by atoms with van der Waals surface area (Å²) in [5.41, 5.74) is -5.37. The molecule has 44 heavy (non-hydrogen) atoms. The zero-order valence-corrected chi connectivity index (χ0v) is 25.3. The van der Waals surface area contributed by atoms with Gasteiger partial charge in [-0.05, 0) is 70.9 Å². The van der Waals surface area contributed by atoms with Gasteiger partial charge in [-0.25, -0.2) is 4.39 Å². The number of nitrogens with zero attached hydrogens (tertiary/aromatic N) is 1. The summed E-state index contributed by atoms with van der Waals surface area (Å²) in [4.78, 5) is 64.9. The minimum absolute atomic E-state index is 0.0648. The van der Waals surface area contributed by atoms with Gasteiger partial charge < -0.3 is 29.5 Å². The fourth-order valence-corrected chi connectivity index (χ4v) is 8.74. The molecule has 0 aromatic rings. The Hall–Kier alpha value is -3.23. The van der Waals surface area contributed by atoms with Crippen LogP contribution < -0.4 is 5.32 Å². The highest BCUT2D eigenvalue weighted by Crippen LogP contribution is 2.72. The average Bonchev–Trinajstić information content (AvgIpc) is 3.35. The van der Waals surface area contributed by atoms with Crippen molar-refractivity contribution in [3.05, 3.63) is 33.9 Å². The van der Waals surface area contributed by atoms with Crippen molar-refractivity contribution in [3.63, 3.8) is 0 Å². The summed E-state index contributed by atoms with van der Waals surface area (Å²) in [6, 6.07) is 0. The summed E-state index contributed by atoms with van der Waals surface area (Å²) in [6.45, 7) is 5.36. The first-order valence-electron chi connectivity index (χ1n) is 14.9. The monoisotopic (exact) mass is 622 g/mol. The number of nitrogens with one attached hydrogen (secondary N) is 1. The van der Waals surface area contributed by atoms with Crippen LogP contribution >= 0.6 is 0 Å². The molecule has 3 saturated carbocycles. The van der Waals surface area contributed by atoms with E-state index in [1.165, 1.54) is 12.2 Å². The molecule has 1 heterocycles. The highest BCUT2D eigenvalue weighted by Gasteiger charge is 2.80. The van der Waals surface area contributed by atoms with Crippen LogP contribution in [0.25, 0.3) is 0 Å². The van der Waals surface area contributed by atoms with Crippen LogP contribution in [0.4, 0.5) is 4.39 Å². The minimum Gasteiger partial charge on any atom is -0.456 e. The van der Waals surface area contributed by atoms with E-state index in [-0.39, 0.29) is 38.1 Å². The number of aliphatic hydroxyl groups is 1. The molecule has 2 N–H and O–H groups in total. The van der Waals surface area contributed by atoms with E-state index in [0.717, 1.165) is 0 Å². The lowest BCUT2D eigenvalue weighted by atomic mass is 9.44. The predicted octanol–water partition coefficient (Wildman–Crippen LogP) is 2.07. The van der Waals surface area contributed by atoms with Crippen molar-refractivity contribution in [1.82, 2.24) is 5.32 Å². The Morgan fingerprint density at radius 2 is 1.95 bits per heavy atom. The Morgan fingerprint density at radius 1 is 1.23 bits per heavy atom.